The molecule has 0 saturated carbocycles. The van der Waals surface area contributed by atoms with Crippen molar-refractivity contribution in [2.75, 3.05) is 13.1 Å². The molecule has 4 nitrogen and oxygen atoms in total. The van der Waals surface area contributed by atoms with Crippen LogP contribution in [0.15, 0.2) is 0 Å². The van der Waals surface area contributed by atoms with Crippen LogP contribution in [0.5, 0.6) is 0 Å². The maximum absolute atomic E-state index is 11.3. The smallest absolute Gasteiger partial charge is 0.251 e. The third-order valence-electron chi connectivity index (χ3n) is 2.60. The van der Waals surface area contributed by atoms with E-state index < -0.39 is 12.2 Å². The average Bonchev–Trinajstić information content (AvgIpc) is 2.45. The van der Waals surface area contributed by atoms with Crippen molar-refractivity contribution in [3.63, 3.8) is 0 Å². The van der Waals surface area contributed by atoms with Gasteiger partial charge in [-0.05, 0) is 13.3 Å². The van der Waals surface area contributed by atoms with Gasteiger partial charge in [0.1, 0.15) is 6.10 Å². The Bertz CT molecular complexity index is 193. The van der Waals surface area contributed by atoms with E-state index in [1.165, 1.54) is 11.8 Å². The van der Waals surface area contributed by atoms with E-state index in [-0.39, 0.29) is 11.8 Å². The maximum atomic E-state index is 11.3. The first kappa shape index (κ1) is 10.5. The zero-order valence-corrected chi connectivity index (χ0v) is 8.10. The molecule has 76 valence electrons. The highest BCUT2D eigenvalue weighted by Crippen LogP contribution is 2.20. The topological polar surface area (TPSA) is 60.8 Å². The molecule has 2 N–H and O–H groups in total. The Balaban J connectivity index is 2.53. The number of rotatable bonds is 2. The lowest BCUT2D eigenvalue weighted by Gasteiger charge is -2.17. The highest BCUT2D eigenvalue weighted by molar-refractivity contribution is 5.80. The van der Waals surface area contributed by atoms with E-state index in [2.05, 4.69) is 0 Å². The van der Waals surface area contributed by atoms with Crippen molar-refractivity contribution in [1.29, 1.82) is 0 Å². The van der Waals surface area contributed by atoms with Crippen LogP contribution in [-0.4, -0.2) is 46.3 Å². The second-order valence-electron chi connectivity index (χ2n) is 3.65. The number of carbonyl (C=O) groups excluding carboxylic acids is 1. The first-order chi connectivity index (χ1) is 6.06. The van der Waals surface area contributed by atoms with Crippen LogP contribution in [0.3, 0.4) is 0 Å². The van der Waals surface area contributed by atoms with Crippen LogP contribution in [0.1, 0.15) is 20.3 Å². The largest absolute Gasteiger partial charge is 0.391 e. The van der Waals surface area contributed by atoms with Crippen LogP contribution >= 0.6 is 0 Å². The highest BCUT2D eigenvalue weighted by atomic mass is 16.3. The number of aliphatic hydroxyl groups excluding tert-OH is 2. The number of aliphatic hydroxyl groups is 2. The van der Waals surface area contributed by atoms with Crippen LogP contribution < -0.4 is 0 Å². The molecule has 0 aromatic heterocycles. The van der Waals surface area contributed by atoms with Gasteiger partial charge in [0.25, 0.3) is 5.91 Å². The summed E-state index contributed by atoms with van der Waals surface area (Å²) < 4.78 is 0. The summed E-state index contributed by atoms with van der Waals surface area (Å²) in [6.07, 6.45) is -0.513. The Hall–Kier alpha value is -0.610. The van der Waals surface area contributed by atoms with Crippen molar-refractivity contribution >= 4 is 5.91 Å². The van der Waals surface area contributed by atoms with Crippen LogP contribution in [0.2, 0.25) is 0 Å². The van der Waals surface area contributed by atoms with E-state index in [4.69, 9.17) is 5.11 Å². The summed E-state index contributed by atoms with van der Waals surface area (Å²) in [6.45, 7) is 4.38. The molecular formula is C9H17NO3. The quantitative estimate of drug-likeness (QED) is 0.618. The molecule has 0 aliphatic carbocycles. The Kier molecular flexibility index (Phi) is 3.27. The number of amides is 1. The van der Waals surface area contributed by atoms with Gasteiger partial charge in [0, 0.05) is 19.0 Å². The Labute approximate surface area is 78.2 Å². The molecule has 1 aliphatic rings. The molecule has 1 fully saturated rings. The lowest BCUT2D eigenvalue weighted by molar-refractivity contribution is -0.138. The predicted octanol–water partition coefficient (Wildman–Crippen LogP) is -0.404. The van der Waals surface area contributed by atoms with Crippen molar-refractivity contribution in [2.45, 2.75) is 32.5 Å². The summed E-state index contributed by atoms with van der Waals surface area (Å²) in [7, 11) is 0. The Morgan fingerprint density at radius 2 is 2.23 bits per heavy atom. The zero-order chi connectivity index (χ0) is 10.0. The van der Waals surface area contributed by atoms with E-state index in [0.717, 1.165) is 6.42 Å². The first-order valence-corrected chi connectivity index (χ1v) is 4.71. The third kappa shape index (κ3) is 2.19. The molecule has 0 spiro atoms. The van der Waals surface area contributed by atoms with E-state index in [1.807, 2.05) is 6.92 Å². The molecule has 13 heavy (non-hydrogen) atoms. The van der Waals surface area contributed by atoms with Crippen LogP contribution in [0.4, 0.5) is 0 Å². The van der Waals surface area contributed by atoms with Gasteiger partial charge < -0.3 is 15.1 Å². The maximum Gasteiger partial charge on any atom is 0.251 e. The second kappa shape index (κ2) is 4.07. The van der Waals surface area contributed by atoms with Gasteiger partial charge in [0.2, 0.25) is 0 Å². The molecule has 0 aromatic rings. The minimum absolute atomic E-state index is 0.169. The van der Waals surface area contributed by atoms with Crippen molar-refractivity contribution < 1.29 is 15.0 Å². The fourth-order valence-electron chi connectivity index (χ4n) is 1.70. The van der Waals surface area contributed by atoms with Gasteiger partial charge >= 0.3 is 0 Å². The Morgan fingerprint density at radius 1 is 1.62 bits per heavy atom. The van der Waals surface area contributed by atoms with Crippen molar-refractivity contribution in [3.8, 4) is 0 Å². The van der Waals surface area contributed by atoms with Crippen LogP contribution in [-0.2, 0) is 4.79 Å². The molecule has 2 unspecified atom stereocenters. The minimum atomic E-state index is -0.956. The fourth-order valence-corrected chi connectivity index (χ4v) is 1.70. The molecule has 1 rings (SSSR count). The lowest BCUT2D eigenvalue weighted by Crippen LogP contribution is -2.36. The molecule has 3 atom stereocenters. The summed E-state index contributed by atoms with van der Waals surface area (Å²) in [5.41, 5.74) is 0. The Morgan fingerprint density at radius 3 is 2.62 bits per heavy atom. The lowest BCUT2D eigenvalue weighted by atomic mass is 10.0. The molecule has 0 radical (unpaired) electrons. The van der Waals surface area contributed by atoms with Gasteiger partial charge in [-0.25, -0.2) is 0 Å². The second-order valence-corrected chi connectivity index (χ2v) is 3.65. The van der Waals surface area contributed by atoms with Gasteiger partial charge in [-0.3, -0.25) is 4.79 Å². The van der Waals surface area contributed by atoms with E-state index >= 15 is 0 Å². The number of β-amino-alcohol motifs (C(OH)–C–C–N with tert-alkyl or cyclic N) is 1. The molecule has 1 aliphatic heterocycles. The van der Waals surface area contributed by atoms with Gasteiger partial charge in [-0.15, -0.1) is 0 Å². The van der Waals surface area contributed by atoms with Crippen molar-refractivity contribution in [1.82, 2.24) is 4.90 Å². The molecule has 1 amide bonds. The summed E-state index contributed by atoms with van der Waals surface area (Å²) >= 11 is 0. The fraction of sp³-hybridized carbons (Fsp3) is 0.889. The van der Waals surface area contributed by atoms with Crippen LogP contribution in [0.25, 0.3) is 0 Å². The molecule has 0 bridgehead atoms. The highest BCUT2D eigenvalue weighted by Gasteiger charge is 2.33. The number of nitrogens with zero attached hydrogens (tertiary/aromatic N) is 1. The SMILES string of the molecule is CCC1CN(C(=O)[C@@H](C)O)CC1O. The summed E-state index contributed by atoms with van der Waals surface area (Å²) in [5, 5.41) is 18.6. The first-order valence-electron chi connectivity index (χ1n) is 4.71. The minimum Gasteiger partial charge on any atom is -0.391 e. The predicted molar refractivity (Wildman–Crippen MR) is 48.0 cm³/mol. The van der Waals surface area contributed by atoms with E-state index in [9.17, 15) is 9.90 Å². The molecule has 1 saturated heterocycles. The molecule has 4 heteroatoms. The van der Waals surface area contributed by atoms with Crippen molar-refractivity contribution in [2.24, 2.45) is 5.92 Å². The van der Waals surface area contributed by atoms with Gasteiger partial charge in [0.15, 0.2) is 0 Å². The van der Waals surface area contributed by atoms with Gasteiger partial charge in [-0.2, -0.15) is 0 Å². The summed E-state index contributed by atoms with van der Waals surface area (Å²) in [4.78, 5) is 12.8. The molecule has 0 aromatic carbocycles. The van der Waals surface area contributed by atoms with Gasteiger partial charge in [-0.1, -0.05) is 6.92 Å². The van der Waals surface area contributed by atoms with Crippen molar-refractivity contribution in [3.05, 3.63) is 0 Å². The normalized spacial score (nSPS) is 30.6. The number of hydrogen-bond acceptors (Lipinski definition) is 3. The molecular weight excluding hydrogens is 170 g/mol. The van der Waals surface area contributed by atoms with E-state index in [1.54, 1.807) is 0 Å². The standard InChI is InChI=1S/C9H17NO3/c1-3-7-4-10(5-8(7)12)9(13)6(2)11/h6-8,11-12H,3-5H2,1-2H3/t6-,7?,8?/m1/s1. The van der Waals surface area contributed by atoms with Gasteiger partial charge in [0.05, 0.1) is 6.10 Å². The monoisotopic (exact) mass is 187 g/mol. The zero-order valence-electron chi connectivity index (χ0n) is 8.10. The average molecular weight is 187 g/mol. The summed E-state index contributed by atoms with van der Waals surface area (Å²) in [6, 6.07) is 0. The third-order valence-corrected chi connectivity index (χ3v) is 2.60. The van der Waals surface area contributed by atoms with Crippen LogP contribution in [0, 0.1) is 5.92 Å². The number of likely N-dealkylation sites (tertiary alicyclic amines) is 1. The van der Waals surface area contributed by atoms with E-state index in [0.29, 0.717) is 13.1 Å². The number of carbonyl (C=O) groups is 1. The molecule has 1 heterocycles. The summed E-state index contributed by atoms with van der Waals surface area (Å²) in [5.74, 6) is -0.113. The number of hydrogen-bond donors (Lipinski definition) is 2.